The third-order valence-corrected chi connectivity index (χ3v) is 6.20. The number of amides is 1. The zero-order valence-electron chi connectivity index (χ0n) is 19.6. The predicted molar refractivity (Wildman–Crippen MR) is 127 cm³/mol. The molecule has 1 fully saturated rings. The molecule has 1 aromatic heterocycles. The predicted octanol–water partition coefficient (Wildman–Crippen LogP) is 5.21. The van der Waals surface area contributed by atoms with Crippen molar-refractivity contribution in [2.24, 2.45) is 5.92 Å². The average Bonchev–Trinajstić information content (AvgIpc) is 2.82. The molecule has 0 saturated carbocycles. The van der Waals surface area contributed by atoms with Gasteiger partial charge in [0, 0.05) is 31.3 Å². The Morgan fingerprint density at radius 2 is 1.81 bits per heavy atom. The van der Waals surface area contributed by atoms with E-state index >= 15 is 0 Å². The number of benzene rings is 1. The highest BCUT2D eigenvalue weighted by molar-refractivity contribution is 6.37. The molecular formula is C24H25Cl2F3N2O5. The van der Waals surface area contributed by atoms with E-state index < -0.39 is 29.9 Å². The number of likely N-dealkylation sites (tertiary alicyclic amines) is 1. The summed E-state index contributed by atoms with van der Waals surface area (Å²) in [7, 11) is 0. The minimum absolute atomic E-state index is 0.0708. The molecule has 0 aliphatic carbocycles. The molecule has 2 aromatic rings. The van der Waals surface area contributed by atoms with Crippen LogP contribution in [0.25, 0.3) is 0 Å². The van der Waals surface area contributed by atoms with Crippen molar-refractivity contribution in [2.45, 2.75) is 32.4 Å². The van der Waals surface area contributed by atoms with Crippen molar-refractivity contribution in [1.82, 2.24) is 9.88 Å². The molecule has 7 nitrogen and oxygen atoms in total. The van der Waals surface area contributed by atoms with Gasteiger partial charge in [-0.15, -0.1) is 0 Å². The van der Waals surface area contributed by atoms with Crippen molar-refractivity contribution < 1.29 is 37.0 Å². The minimum atomic E-state index is -5.01. The molecule has 0 bridgehead atoms. The van der Waals surface area contributed by atoms with Crippen LogP contribution in [0.2, 0.25) is 10.0 Å². The number of halogens is 5. The number of aromatic nitrogens is 1. The van der Waals surface area contributed by atoms with E-state index in [1.807, 2.05) is 6.92 Å². The van der Waals surface area contributed by atoms with Gasteiger partial charge in [-0.05, 0) is 43.5 Å². The largest absolute Gasteiger partial charge is 0.487 e. The van der Waals surface area contributed by atoms with Crippen molar-refractivity contribution in [3.63, 3.8) is 0 Å². The van der Waals surface area contributed by atoms with Crippen molar-refractivity contribution in [3.8, 4) is 11.6 Å². The lowest BCUT2D eigenvalue weighted by Gasteiger charge is -2.37. The normalized spacial score (nSPS) is 18.0. The fourth-order valence-corrected chi connectivity index (χ4v) is 4.72. The number of hydrogen-bond acceptors (Lipinski definition) is 6. The Hall–Kier alpha value is -2.72. The maximum Gasteiger partial charge on any atom is 0.471 e. The third kappa shape index (κ3) is 6.94. The van der Waals surface area contributed by atoms with Crippen LogP contribution in [0.1, 0.15) is 30.4 Å². The number of ether oxygens (including phenoxy) is 3. The molecule has 1 amide bonds. The van der Waals surface area contributed by atoms with Crippen molar-refractivity contribution in [3.05, 3.63) is 51.6 Å². The van der Waals surface area contributed by atoms with Gasteiger partial charge in [-0.2, -0.15) is 13.2 Å². The van der Waals surface area contributed by atoms with Crippen LogP contribution >= 0.6 is 23.2 Å². The lowest BCUT2D eigenvalue weighted by Crippen LogP contribution is -2.50. The van der Waals surface area contributed by atoms with Gasteiger partial charge < -0.3 is 19.1 Å². The standard InChI is InChI=1S/C24H25Cl2F3N2O5/c1-3-34-22(32)17-13-31(23(33)24(27,28)29)7-6-16(17)15-4-5-20(30-12-15)35-8-9-36-21-18(25)10-14(2)11-19(21)26/h4-5,10-12,16-17H,3,6-9,13H2,1-2H3/t16-,17-/m1/s1. The summed E-state index contributed by atoms with van der Waals surface area (Å²) < 4.78 is 54.9. The van der Waals surface area contributed by atoms with Gasteiger partial charge in [0.15, 0.2) is 5.75 Å². The molecule has 2 heterocycles. The van der Waals surface area contributed by atoms with Crippen molar-refractivity contribution in [2.75, 3.05) is 32.9 Å². The van der Waals surface area contributed by atoms with E-state index in [4.69, 9.17) is 37.4 Å². The molecule has 0 N–H and O–H groups in total. The van der Waals surface area contributed by atoms with Crippen LogP contribution in [0, 0.1) is 12.8 Å². The Morgan fingerprint density at radius 1 is 1.14 bits per heavy atom. The molecule has 1 aliphatic heterocycles. The summed E-state index contributed by atoms with van der Waals surface area (Å²) in [5.41, 5.74) is 1.54. The summed E-state index contributed by atoms with van der Waals surface area (Å²) in [5, 5.41) is 0.781. The quantitative estimate of drug-likeness (QED) is 0.333. The van der Waals surface area contributed by atoms with Crippen LogP contribution in [-0.4, -0.2) is 60.8 Å². The van der Waals surface area contributed by atoms with Gasteiger partial charge in [-0.1, -0.05) is 29.3 Å². The fourth-order valence-electron chi connectivity index (χ4n) is 4.01. The number of carbonyl (C=O) groups excluding carboxylic acids is 2. The SMILES string of the molecule is CCOC(=O)[C@@H]1CN(C(=O)C(F)(F)F)CC[C@@H]1c1ccc(OCCOc2c(Cl)cc(C)cc2Cl)nc1. The van der Waals surface area contributed by atoms with Crippen LogP contribution < -0.4 is 9.47 Å². The van der Waals surface area contributed by atoms with Crippen LogP contribution in [0.15, 0.2) is 30.5 Å². The molecule has 2 atom stereocenters. The Bertz CT molecular complexity index is 1060. The maximum absolute atomic E-state index is 12.9. The Morgan fingerprint density at radius 3 is 2.39 bits per heavy atom. The third-order valence-electron chi connectivity index (χ3n) is 5.64. The first-order valence-electron chi connectivity index (χ1n) is 11.2. The zero-order chi connectivity index (χ0) is 26.5. The molecule has 0 spiro atoms. The van der Waals surface area contributed by atoms with Gasteiger partial charge in [-0.3, -0.25) is 9.59 Å². The lowest BCUT2D eigenvalue weighted by atomic mass is 9.81. The van der Waals surface area contributed by atoms with E-state index in [9.17, 15) is 22.8 Å². The minimum Gasteiger partial charge on any atom is -0.487 e. The molecule has 196 valence electrons. The number of esters is 1. The van der Waals surface area contributed by atoms with Gasteiger partial charge >= 0.3 is 18.1 Å². The Balaban J connectivity index is 1.61. The van der Waals surface area contributed by atoms with Gasteiger partial charge in [-0.25, -0.2) is 4.98 Å². The summed E-state index contributed by atoms with van der Waals surface area (Å²) in [4.78, 5) is 29.1. The number of carbonyl (C=O) groups is 2. The first-order valence-corrected chi connectivity index (χ1v) is 12.0. The average molecular weight is 549 g/mol. The molecule has 1 saturated heterocycles. The first kappa shape index (κ1) is 27.9. The molecule has 1 aromatic carbocycles. The van der Waals surface area contributed by atoms with Crippen molar-refractivity contribution >= 4 is 35.1 Å². The van der Waals surface area contributed by atoms with E-state index in [2.05, 4.69) is 4.98 Å². The molecule has 0 unspecified atom stereocenters. The highest BCUT2D eigenvalue weighted by atomic mass is 35.5. The summed E-state index contributed by atoms with van der Waals surface area (Å²) in [5.74, 6) is -3.38. The summed E-state index contributed by atoms with van der Waals surface area (Å²) >= 11 is 12.3. The van der Waals surface area contributed by atoms with E-state index in [0.717, 1.165) is 5.56 Å². The summed E-state index contributed by atoms with van der Waals surface area (Å²) in [6.07, 6.45) is -3.35. The smallest absolute Gasteiger partial charge is 0.471 e. The second-order valence-corrected chi connectivity index (χ2v) is 9.00. The Labute approximate surface area is 216 Å². The van der Waals surface area contributed by atoms with Crippen LogP contribution in [0.4, 0.5) is 13.2 Å². The molecular weight excluding hydrogens is 524 g/mol. The van der Waals surface area contributed by atoms with Gasteiger partial charge in [0.05, 0.1) is 22.6 Å². The van der Waals surface area contributed by atoms with E-state index in [1.165, 1.54) is 6.20 Å². The topological polar surface area (TPSA) is 78.0 Å². The highest BCUT2D eigenvalue weighted by Gasteiger charge is 2.46. The van der Waals surface area contributed by atoms with Crippen LogP contribution in [0.3, 0.4) is 0 Å². The molecule has 0 radical (unpaired) electrons. The Kier molecular flexibility index (Phi) is 9.30. The molecule has 12 heteroatoms. The number of alkyl halides is 3. The van der Waals surface area contributed by atoms with Crippen LogP contribution in [0.5, 0.6) is 11.6 Å². The molecule has 1 aliphatic rings. The second-order valence-electron chi connectivity index (χ2n) is 8.19. The van der Waals surface area contributed by atoms with E-state index in [1.54, 1.807) is 31.2 Å². The maximum atomic E-state index is 12.9. The number of rotatable bonds is 8. The lowest BCUT2D eigenvalue weighted by molar-refractivity contribution is -0.188. The highest BCUT2D eigenvalue weighted by Crippen LogP contribution is 2.36. The fraction of sp³-hybridized carbons (Fsp3) is 0.458. The van der Waals surface area contributed by atoms with E-state index in [-0.39, 0.29) is 39.3 Å². The molecule has 3 rings (SSSR count). The van der Waals surface area contributed by atoms with Gasteiger partial charge in [0.1, 0.15) is 13.2 Å². The summed E-state index contributed by atoms with van der Waals surface area (Å²) in [6.45, 7) is 3.31. The second kappa shape index (κ2) is 12.0. The van der Waals surface area contributed by atoms with Gasteiger partial charge in [0.25, 0.3) is 0 Å². The number of nitrogens with zero attached hydrogens (tertiary/aromatic N) is 2. The zero-order valence-corrected chi connectivity index (χ0v) is 21.1. The first-order chi connectivity index (χ1) is 17.0. The van der Waals surface area contributed by atoms with Gasteiger partial charge in [0.2, 0.25) is 5.88 Å². The monoisotopic (exact) mass is 548 g/mol. The van der Waals surface area contributed by atoms with Crippen molar-refractivity contribution in [1.29, 1.82) is 0 Å². The van der Waals surface area contributed by atoms with Crippen LogP contribution in [-0.2, 0) is 14.3 Å². The molecule has 36 heavy (non-hydrogen) atoms. The number of aryl methyl sites for hydroxylation is 1. The summed E-state index contributed by atoms with van der Waals surface area (Å²) in [6, 6.07) is 6.75. The number of piperidine rings is 1. The number of pyridine rings is 1. The number of hydrogen-bond donors (Lipinski definition) is 0. The van der Waals surface area contributed by atoms with E-state index in [0.29, 0.717) is 32.1 Å².